The molecule has 120 valence electrons. The van der Waals surface area contributed by atoms with Gasteiger partial charge >= 0.3 is 0 Å². The first-order valence-corrected chi connectivity index (χ1v) is 8.79. The molecule has 0 aromatic heterocycles. The zero-order chi connectivity index (χ0) is 16.2. The highest BCUT2D eigenvalue weighted by molar-refractivity contribution is 7.92. The van der Waals surface area contributed by atoms with Crippen molar-refractivity contribution in [1.82, 2.24) is 0 Å². The van der Waals surface area contributed by atoms with Gasteiger partial charge in [-0.05, 0) is 24.6 Å². The van der Waals surface area contributed by atoms with Crippen molar-refractivity contribution >= 4 is 27.3 Å². The van der Waals surface area contributed by atoms with Gasteiger partial charge in [0.2, 0.25) is 10.0 Å². The Morgan fingerprint density at radius 3 is 2.95 bits per heavy atom. The molecule has 1 N–H and O–H groups in total. The first-order chi connectivity index (χ1) is 10.4. The van der Waals surface area contributed by atoms with E-state index in [2.05, 4.69) is 4.72 Å². The van der Waals surface area contributed by atoms with Crippen LogP contribution in [0.4, 0.5) is 5.69 Å². The third-order valence-electron chi connectivity index (χ3n) is 3.54. The summed E-state index contributed by atoms with van der Waals surface area (Å²) in [7, 11) is -2.17. The second kappa shape index (κ2) is 7.29. The van der Waals surface area contributed by atoms with Gasteiger partial charge in [0, 0.05) is 24.7 Å². The molecule has 0 spiro atoms. The lowest BCUT2D eigenvalue weighted by Gasteiger charge is -2.21. The smallest absolute Gasteiger partial charge is 0.235 e. The van der Waals surface area contributed by atoms with Crippen LogP contribution in [0.2, 0.25) is 5.02 Å². The van der Waals surface area contributed by atoms with Gasteiger partial charge in [-0.3, -0.25) is 4.72 Å². The number of nitrogens with one attached hydrogen (secondary N) is 1. The van der Waals surface area contributed by atoms with Crippen molar-refractivity contribution in [3.8, 4) is 6.07 Å². The van der Waals surface area contributed by atoms with Gasteiger partial charge in [-0.25, -0.2) is 8.42 Å². The molecule has 0 saturated carbocycles. The Bertz CT molecular complexity index is 666. The molecule has 22 heavy (non-hydrogen) atoms. The van der Waals surface area contributed by atoms with Crippen molar-refractivity contribution in [2.45, 2.75) is 12.5 Å². The Labute approximate surface area is 135 Å². The third-order valence-corrected chi connectivity index (χ3v) is 5.08. The molecule has 0 radical (unpaired) electrons. The number of hydrogen-bond donors (Lipinski definition) is 1. The number of nitriles is 1. The van der Waals surface area contributed by atoms with E-state index in [1.54, 1.807) is 0 Å². The fraction of sp³-hybridized carbons (Fsp3) is 0.500. The number of benzene rings is 1. The Kier molecular flexibility index (Phi) is 5.64. The van der Waals surface area contributed by atoms with Gasteiger partial charge in [0.1, 0.15) is 6.07 Å². The van der Waals surface area contributed by atoms with E-state index in [-0.39, 0.29) is 22.9 Å². The highest BCUT2D eigenvalue weighted by atomic mass is 35.5. The number of rotatable bonds is 6. The van der Waals surface area contributed by atoms with E-state index >= 15 is 0 Å². The highest BCUT2D eigenvalue weighted by Crippen LogP contribution is 2.23. The fourth-order valence-corrected chi connectivity index (χ4v) is 3.98. The largest absolute Gasteiger partial charge is 0.381 e. The lowest BCUT2D eigenvalue weighted by atomic mass is 10.0. The number of halogens is 1. The molecule has 0 bridgehead atoms. The Balaban J connectivity index is 2.12. The molecule has 6 nitrogen and oxygen atoms in total. The molecule has 0 aliphatic carbocycles. The molecule has 1 aliphatic heterocycles. The van der Waals surface area contributed by atoms with Crippen molar-refractivity contribution in [3.05, 3.63) is 28.8 Å². The lowest BCUT2D eigenvalue weighted by Crippen LogP contribution is -2.34. The Hall–Kier alpha value is -1.33. The molecule has 1 aromatic carbocycles. The van der Waals surface area contributed by atoms with Gasteiger partial charge in [-0.2, -0.15) is 5.26 Å². The topological polar surface area (TPSA) is 88.4 Å². The van der Waals surface area contributed by atoms with Crippen molar-refractivity contribution < 1.29 is 17.9 Å². The monoisotopic (exact) mass is 344 g/mol. The van der Waals surface area contributed by atoms with Crippen molar-refractivity contribution in [1.29, 1.82) is 5.26 Å². The molecule has 2 atom stereocenters. The lowest BCUT2D eigenvalue weighted by molar-refractivity contribution is 0.0612. The first kappa shape index (κ1) is 17.0. The van der Waals surface area contributed by atoms with E-state index in [9.17, 15) is 8.42 Å². The van der Waals surface area contributed by atoms with E-state index < -0.39 is 16.1 Å². The quantitative estimate of drug-likeness (QED) is 0.852. The summed E-state index contributed by atoms with van der Waals surface area (Å²) >= 11 is 5.80. The van der Waals surface area contributed by atoms with E-state index in [1.807, 2.05) is 6.07 Å². The van der Waals surface area contributed by atoms with Gasteiger partial charge < -0.3 is 9.47 Å². The highest BCUT2D eigenvalue weighted by Gasteiger charge is 2.30. The minimum atomic E-state index is -3.65. The van der Waals surface area contributed by atoms with Gasteiger partial charge in [0.25, 0.3) is 0 Å². The predicted octanol–water partition coefficient (Wildman–Crippen LogP) is 2.00. The molecule has 1 saturated heterocycles. The third kappa shape index (κ3) is 4.34. The van der Waals surface area contributed by atoms with Gasteiger partial charge in [-0.1, -0.05) is 11.6 Å². The number of anilines is 1. The number of sulfonamides is 1. The average molecular weight is 345 g/mol. The van der Waals surface area contributed by atoms with E-state index in [4.69, 9.17) is 26.3 Å². The predicted molar refractivity (Wildman–Crippen MR) is 83.3 cm³/mol. The number of ether oxygens (including phenoxy) is 2. The number of methoxy groups -OCH3 is 1. The molecular weight excluding hydrogens is 328 g/mol. The zero-order valence-electron chi connectivity index (χ0n) is 12.1. The van der Waals surface area contributed by atoms with Gasteiger partial charge in [0.15, 0.2) is 0 Å². The maximum Gasteiger partial charge on any atom is 0.235 e. The summed E-state index contributed by atoms with van der Waals surface area (Å²) in [5, 5.41) is 9.43. The van der Waals surface area contributed by atoms with Crippen LogP contribution in [-0.2, 0) is 19.5 Å². The summed E-state index contributed by atoms with van der Waals surface area (Å²) in [6.45, 7) is 1.12. The summed E-state index contributed by atoms with van der Waals surface area (Å²) < 4.78 is 37.6. The van der Waals surface area contributed by atoms with Gasteiger partial charge in [0.05, 0.1) is 29.7 Å². The normalized spacial score (nSPS) is 19.6. The van der Waals surface area contributed by atoms with Crippen molar-refractivity contribution in [3.63, 3.8) is 0 Å². The van der Waals surface area contributed by atoms with Crippen LogP contribution in [0.15, 0.2) is 18.2 Å². The van der Waals surface area contributed by atoms with Crippen molar-refractivity contribution in [2.75, 3.05) is 30.8 Å². The second-order valence-electron chi connectivity index (χ2n) is 5.08. The van der Waals surface area contributed by atoms with E-state index in [0.29, 0.717) is 18.2 Å². The van der Waals surface area contributed by atoms with E-state index in [0.717, 1.165) is 6.42 Å². The summed E-state index contributed by atoms with van der Waals surface area (Å²) in [6, 6.07) is 6.33. The molecule has 1 aromatic rings. The van der Waals surface area contributed by atoms with Crippen molar-refractivity contribution in [2.24, 2.45) is 5.92 Å². The summed E-state index contributed by atoms with van der Waals surface area (Å²) in [5.41, 5.74) is 0.388. The van der Waals surface area contributed by atoms with Crippen LogP contribution in [0.25, 0.3) is 0 Å². The molecule has 8 heteroatoms. The maximum atomic E-state index is 12.3. The summed E-state index contributed by atoms with van der Waals surface area (Å²) in [6.07, 6.45) is 0.330. The van der Waals surface area contributed by atoms with Crippen LogP contribution < -0.4 is 4.72 Å². The standard InChI is InChI=1S/C14H17ClN2O4S/c1-20-14(10-4-5-21-8-10)9-22(18,19)17-13-3-2-12(15)6-11(13)7-16/h2-3,6,10,14,17H,4-5,8-9H2,1H3. The molecule has 2 unspecified atom stereocenters. The zero-order valence-corrected chi connectivity index (χ0v) is 13.7. The second-order valence-corrected chi connectivity index (χ2v) is 7.29. The Morgan fingerprint density at radius 2 is 2.36 bits per heavy atom. The van der Waals surface area contributed by atoms with Crippen LogP contribution in [0.5, 0.6) is 0 Å². The Morgan fingerprint density at radius 1 is 1.59 bits per heavy atom. The minimum absolute atomic E-state index is 0.0576. The SMILES string of the molecule is COC(CS(=O)(=O)Nc1ccc(Cl)cc1C#N)C1CCOC1. The fourth-order valence-electron chi connectivity index (χ4n) is 2.37. The molecule has 1 heterocycles. The summed E-state index contributed by atoms with van der Waals surface area (Å²) in [4.78, 5) is 0. The van der Waals surface area contributed by atoms with Crippen LogP contribution >= 0.6 is 11.6 Å². The maximum absolute atomic E-state index is 12.3. The van der Waals surface area contributed by atoms with E-state index in [1.165, 1.54) is 25.3 Å². The molecule has 2 rings (SSSR count). The first-order valence-electron chi connectivity index (χ1n) is 6.76. The minimum Gasteiger partial charge on any atom is -0.381 e. The van der Waals surface area contributed by atoms with Gasteiger partial charge in [-0.15, -0.1) is 0 Å². The average Bonchev–Trinajstić information content (AvgIpc) is 3.00. The van der Waals surface area contributed by atoms with Crippen LogP contribution in [0.3, 0.4) is 0 Å². The number of nitrogens with zero attached hydrogens (tertiary/aromatic N) is 1. The van der Waals surface area contributed by atoms with Crippen LogP contribution in [0.1, 0.15) is 12.0 Å². The molecular formula is C14H17ClN2O4S. The molecule has 1 aliphatic rings. The van der Waals surface area contributed by atoms with Crippen LogP contribution in [-0.4, -0.2) is 40.6 Å². The van der Waals surface area contributed by atoms with Crippen LogP contribution in [0, 0.1) is 17.2 Å². The number of hydrogen-bond acceptors (Lipinski definition) is 5. The summed E-state index contributed by atoms with van der Waals surface area (Å²) in [5.74, 6) is -0.132. The molecule has 1 fully saturated rings. The molecule has 0 amide bonds.